The van der Waals surface area contributed by atoms with Crippen LogP contribution in [0.2, 0.25) is 5.02 Å². The van der Waals surface area contributed by atoms with Crippen molar-refractivity contribution in [2.75, 3.05) is 19.8 Å². The summed E-state index contributed by atoms with van der Waals surface area (Å²) in [6.45, 7) is 2.88. The Balaban J connectivity index is 2.21. The first-order chi connectivity index (χ1) is 9.13. The zero-order chi connectivity index (χ0) is 14.1. The summed E-state index contributed by atoms with van der Waals surface area (Å²) in [5.41, 5.74) is 0. The Morgan fingerprint density at radius 1 is 1.37 bits per heavy atom. The highest BCUT2D eigenvalue weighted by Gasteiger charge is 2.09. The van der Waals surface area contributed by atoms with Crippen LogP contribution in [0.4, 0.5) is 0 Å². The van der Waals surface area contributed by atoms with Crippen LogP contribution in [-0.2, 0) is 0 Å². The average Bonchev–Trinajstić information content (AvgIpc) is 2.42. The lowest BCUT2D eigenvalue weighted by molar-refractivity contribution is 0.103. The Bertz CT molecular complexity index is 362. The van der Waals surface area contributed by atoms with E-state index >= 15 is 0 Å². The van der Waals surface area contributed by atoms with Gasteiger partial charge in [0.2, 0.25) is 0 Å². The van der Waals surface area contributed by atoms with Crippen LogP contribution >= 0.6 is 11.6 Å². The third-order valence-electron chi connectivity index (χ3n) is 2.77. The lowest BCUT2D eigenvalue weighted by atomic mass is 10.2. The summed E-state index contributed by atoms with van der Waals surface area (Å²) in [5, 5.41) is 22.2. The summed E-state index contributed by atoms with van der Waals surface area (Å²) in [4.78, 5) is 0. The normalized spacial score (nSPS) is 14.1. The van der Waals surface area contributed by atoms with Crippen LogP contribution in [0.25, 0.3) is 0 Å². The molecule has 0 radical (unpaired) electrons. The van der Waals surface area contributed by atoms with Crippen LogP contribution in [0.15, 0.2) is 24.3 Å². The van der Waals surface area contributed by atoms with Crippen LogP contribution in [0.3, 0.4) is 0 Å². The van der Waals surface area contributed by atoms with Crippen molar-refractivity contribution in [3.05, 3.63) is 29.3 Å². The van der Waals surface area contributed by atoms with E-state index in [9.17, 15) is 5.11 Å². The van der Waals surface area contributed by atoms with Crippen molar-refractivity contribution in [1.82, 2.24) is 5.32 Å². The van der Waals surface area contributed by atoms with Gasteiger partial charge in [-0.15, -0.1) is 0 Å². The number of aliphatic hydroxyl groups excluding tert-OH is 2. The van der Waals surface area contributed by atoms with Gasteiger partial charge in [0.1, 0.15) is 18.5 Å². The minimum atomic E-state index is -0.590. The molecule has 19 heavy (non-hydrogen) atoms. The van der Waals surface area contributed by atoms with Gasteiger partial charge in [0.25, 0.3) is 0 Å². The highest BCUT2D eigenvalue weighted by molar-refractivity contribution is 6.32. The van der Waals surface area contributed by atoms with E-state index in [0.717, 1.165) is 12.8 Å². The van der Waals surface area contributed by atoms with Crippen LogP contribution in [0.1, 0.15) is 19.8 Å². The number of hydrogen-bond acceptors (Lipinski definition) is 4. The molecule has 0 amide bonds. The molecule has 2 unspecified atom stereocenters. The maximum Gasteiger partial charge on any atom is 0.138 e. The van der Waals surface area contributed by atoms with Crippen LogP contribution in [-0.4, -0.2) is 42.1 Å². The van der Waals surface area contributed by atoms with Crippen molar-refractivity contribution >= 4 is 11.6 Å². The van der Waals surface area contributed by atoms with Crippen LogP contribution in [0, 0.1) is 0 Å². The molecule has 0 aliphatic carbocycles. The molecule has 0 aliphatic rings. The van der Waals surface area contributed by atoms with Crippen molar-refractivity contribution in [1.29, 1.82) is 0 Å². The van der Waals surface area contributed by atoms with Gasteiger partial charge in [0.15, 0.2) is 0 Å². The summed E-state index contributed by atoms with van der Waals surface area (Å²) in [6.07, 6.45) is 1.06. The van der Waals surface area contributed by atoms with Crippen molar-refractivity contribution in [3.63, 3.8) is 0 Å². The van der Waals surface area contributed by atoms with Crippen molar-refractivity contribution in [2.24, 2.45) is 0 Å². The second-order valence-electron chi connectivity index (χ2n) is 4.57. The van der Waals surface area contributed by atoms with E-state index in [-0.39, 0.29) is 19.3 Å². The third-order valence-corrected chi connectivity index (χ3v) is 3.08. The highest BCUT2D eigenvalue weighted by atomic mass is 35.5. The average molecular weight is 288 g/mol. The fraction of sp³-hybridized carbons (Fsp3) is 0.571. The number of para-hydroxylation sites is 1. The Labute approximate surface area is 119 Å². The summed E-state index contributed by atoms with van der Waals surface area (Å²) in [6, 6.07) is 7.45. The largest absolute Gasteiger partial charge is 0.489 e. The first-order valence-electron chi connectivity index (χ1n) is 6.53. The maximum atomic E-state index is 9.80. The molecule has 0 aromatic heterocycles. The lowest BCUT2D eigenvalue weighted by Crippen LogP contribution is -2.36. The monoisotopic (exact) mass is 287 g/mol. The van der Waals surface area contributed by atoms with Crippen LogP contribution in [0.5, 0.6) is 5.75 Å². The van der Waals surface area contributed by atoms with Gasteiger partial charge in [-0.25, -0.2) is 0 Å². The number of benzene rings is 1. The second kappa shape index (κ2) is 9.15. The van der Waals surface area contributed by atoms with E-state index in [1.54, 1.807) is 12.1 Å². The Kier molecular flexibility index (Phi) is 7.82. The van der Waals surface area contributed by atoms with E-state index in [2.05, 4.69) is 5.32 Å². The molecule has 0 fully saturated rings. The number of halogens is 1. The second-order valence-corrected chi connectivity index (χ2v) is 4.98. The van der Waals surface area contributed by atoms with Gasteiger partial charge >= 0.3 is 0 Å². The number of rotatable bonds is 9. The minimum Gasteiger partial charge on any atom is -0.489 e. The first kappa shape index (κ1) is 16.2. The summed E-state index contributed by atoms with van der Waals surface area (Å²) in [5.74, 6) is 0.580. The van der Waals surface area contributed by atoms with Crippen molar-refractivity contribution in [2.45, 2.75) is 31.9 Å². The Morgan fingerprint density at radius 3 is 2.79 bits per heavy atom. The maximum absolute atomic E-state index is 9.80. The van der Waals surface area contributed by atoms with Crippen molar-refractivity contribution in [3.8, 4) is 5.75 Å². The van der Waals surface area contributed by atoms with Crippen molar-refractivity contribution < 1.29 is 14.9 Å². The van der Waals surface area contributed by atoms with Gasteiger partial charge in [-0.3, -0.25) is 0 Å². The molecule has 1 rings (SSSR count). The molecule has 2 atom stereocenters. The van der Waals surface area contributed by atoms with E-state index in [1.807, 2.05) is 19.1 Å². The fourth-order valence-corrected chi connectivity index (χ4v) is 1.83. The summed E-state index contributed by atoms with van der Waals surface area (Å²) >= 11 is 5.95. The van der Waals surface area contributed by atoms with E-state index in [4.69, 9.17) is 21.4 Å². The molecule has 3 N–H and O–H groups in total. The molecule has 0 spiro atoms. The number of nitrogens with one attached hydrogen (secondary N) is 1. The number of hydrogen-bond donors (Lipinski definition) is 3. The SMILES string of the molecule is CC(CCCO)NCC(O)COc1ccccc1Cl. The molecule has 1 aromatic rings. The van der Waals surface area contributed by atoms with Gasteiger partial charge < -0.3 is 20.3 Å². The molecule has 1 aromatic carbocycles. The summed E-state index contributed by atoms with van der Waals surface area (Å²) in [7, 11) is 0. The molecule has 4 nitrogen and oxygen atoms in total. The molecule has 0 saturated carbocycles. The topological polar surface area (TPSA) is 61.7 Å². The fourth-order valence-electron chi connectivity index (χ4n) is 1.64. The highest BCUT2D eigenvalue weighted by Crippen LogP contribution is 2.22. The standard InChI is InChI=1S/C14H22ClNO3/c1-11(5-4-8-17)16-9-12(18)10-19-14-7-3-2-6-13(14)15/h2-3,6-7,11-12,16-18H,4-5,8-10H2,1H3. The molecular weight excluding hydrogens is 266 g/mol. The summed E-state index contributed by atoms with van der Waals surface area (Å²) < 4.78 is 5.45. The first-order valence-corrected chi connectivity index (χ1v) is 6.91. The lowest BCUT2D eigenvalue weighted by Gasteiger charge is -2.17. The molecule has 5 heteroatoms. The van der Waals surface area contributed by atoms with E-state index in [1.165, 1.54) is 0 Å². The third kappa shape index (κ3) is 6.78. The van der Waals surface area contributed by atoms with Gasteiger partial charge in [-0.05, 0) is 31.9 Å². The van der Waals surface area contributed by atoms with Gasteiger partial charge in [-0.2, -0.15) is 0 Å². The quantitative estimate of drug-likeness (QED) is 0.648. The molecule has 0 heterocycles. The number of ether oxygens (including phenoxy) is 1. The predicted octanol–water partition coefficient (Wildman–Crippen LogP) is 1.83. The molecule has 0 saturated heterocycles. The predicted molar refractivity (Wildman–Crippen MR) is 76.7 cm³/mol. The Morgan fingerprint density at radius 2 is 2.11 bits per heavy atom. The zero-order valence-electron chi connectivity index (χ0n) is 11.2. The molecule has 108 valence electrons. The van der Waals surface area contributed by atoms with E-state index < -0.39 is 6.10 Å². The molecule has 0 aliphatic heterocycles. The molecule has 0 bridgehead atoms. The van der Waals surface area contributed by atoms with Gasteiger partial charge in [0.05, 0.1) is 5.02 Å². The zero-order valence-corrected chi connectivity index (χ0v) is 11.9. The molecular formula is C14H22ClNO3. The van der Waals surface area contributed by atoms with E-state index in [0.29, 0.717) is 17.3 Å². The van der Waals surface area contributed by atoms with Gasteiger partial charge in [0, 0.05) is 19.2 Å². The smallest absolute Gasteiger partial charge is 0.138 e. The minimum absolute atomic E-state index is 0.198. The van der Waals surface area contributed by atoms with Crippen LogP contribution < -0.4 is 10.1 Å². The Hall–Kier alpha value is -0.810. The number of aliphatic hydroxyl groups is 2. The van der Waals surface area contributed by atoms with Gasteiger partial charge in [-0.1, -0.05) is 23.7 Å².